The van der Waals surface area contributed by atoms with Crippen LogP contribution in [0.25, 0.3) is 0 Å². The Morgan fingerprint density at radius 2 is 2.00 bits per heavy atom. The Morgan fingerprint density at radius 3 is 2.50 bits per heavy atom. The molecule has 16 heavy (non-hydrogen) atoms. The molecule has 1 unspecified atom stereocenters. The maximum absolute atomic E-state index is 11.6. The number of anilines is 1. The lowest BCUT2D eigenvalue weighted by Crippen LogP contribution is -2.39. The van der Waals surface area contributed by atoms with Crippen LogP contribution in [0.15, 0.2) is 30.3 Å². The molecule has 1 heterocycles. The SMILES string of the molecule is CCN(c1ccccc1)C1SC(=O)NC1=O. The van der Waals surface area contributed by atoms with E-state index in [-0.39, 0.29) is 11.1 Å². The first-order chi connectivity index (χ1) is 7.72. The first-order valence-electron chi connectivity index (χ1n) is 5.05. The highest BCUT2D eigenvalue weighted by molar-refractivity contribution is 8.15. The van der Waals surface area contributed by atoms with Gasteiger partial charge in [0.15, 0.2) is 5.37 Å². The number of amides is 2. The number of hydrogen-bond donors (Lipinski definition) is 1. The van der Waals surface area contributed by atoms with Crippen molar-refractivity contribution in [3.8, 4) is 0 Å². The van der Waals surface area contributed by atoms with Crippen LogP contribution in [0.2, 0.25) is 0 Å². The van der Waals surface area contributed by atoms with Gasteiger partial charge in [-0.15, -0.1) is 0 Å². The van der Waals surface area contributed by atoms with E-state index in [0.717, 1.165) is 17.4 Å². The molecular formula is C11H12N2O2S. The Hall–Kier alpha value is -1.49. The zero-order chi connectivity index (χ0) is 11.5. The normalized spacial score (nSPS) is 19.7. The number of likely N-dealkylation sites (N-methyl/N-ethyl adjacent to an activating group) is 1. The van der Waals surface area contributed by atoms with Crippen LogP contribution < -0.4 is 10.2 Å². The average molecular weight is 236 g/mol. The van der Waals surface area contributed by atoms with Crippen molar-refractivity contribution in [3.63, 3.8) is 0 Å². The number of carbonyl (C=O) groups is 2. The van der Waals surface area contributed by atoms with E-state index < -0.39 is 5.37 Å². The van der Waals surface area contributed by atoms with Crippen molar-refractivity contribution in [1.29, 1.82) is 0 Å². The van der Waals surface area contributed by atoms with E-state index in [1.54, 1.807) is 0 Å². The van der Waals surface area contributed by atoms with Gasteiger partial charge >= 0.3 is 0 Å². The number of nitrogens with one attached hydrogen (secondary N) is 1. The van der Waals surface area contributed by atoms with Crippen LogP contribution in [-0.2, 0) is 4.79 Å². The van der Waals surface area contributed by atoms with Gasteiger partial charge in [-0.3, -0.25) is 14.9 Å². The number of benzene rings is 1. The summed E-state index contributed by atoms with van der Waals surface area (Å²) in [6, 6.07) is 9.61. The Balaban J connectivity index is 2.24. The molecule has 1 aliphatic heterocycles. The molecule has 0 radical (unpaired) electrons. The van der Waals surface area contributed by atoms with Gasteiger partial charge in [-0.2, -0.15) is 0 Å². The van der Waals surface area contributed by atoms with Crippen LogP contribution in [0.5, 0.6) is 0 Å². The van der Waals surface area contributed by atoms with Crippen LogP contribution >= 0.6 is 11.8 Å². The van der Waals surface area contributed by atoms with Gasteiger partial charge in [-0.05, 0) is 30.8 Å². The number of para-hydroxylation sites is 1. The van der Waals surface area contributed by atoms with Gasteiger partial charge in [0.2, 0.25) is 0 Å². The fourth-order valence-electron chi connectivity index (χ4n) is 1.66. The summed E-state index contributed by atoms with van der Waals surface area (Å²) in [6.45, 7) is 2.64. The molecule has 1 N–H and O–H groups in total. The number of hydrogen-bond acceptors (Lipinski definition) is 4. The van der Waals surface area contributed by atoms with Gasteiger partial charge in [-0.1, -0.05) is 18.2 Å². The number of thioether (sulfide) groups is 1. The maximum atomic E-state index is 11.6. The van der Waals surface area contributed by atoms with E-state index in [9.17, 15) is 9.59 Å². The second kappa shape index (κ2) is 4.57. The Kier molecular flexibility index (Phi) is 3.14. The molecule has 1 aromatic carbocycles. The van der Waals surface area contributed by atoms with Crippen LogP contribution in [-0.4, -0.2) is 23.1 Å². The smallest absolute Gasteiger partial charge is 0.288 e. The predicted molar refractivity (Wildman–Crippen MR) is 64.4 cm³/mol. The minimum atomic E-state index is -0.445. The lowest BCUT2D eigenvalue weighted by molar-refractivity contribution is -0.118. The lowest BCUT2D eigenvalue weighted by atomic mass is 10.3. The summed E-state index contributed by atoms with van der Waals surface area (Å²) in [4.78, 5) is 24.6. The third-order valence-corrected chi connectivity index (χ3v) is 3.39. The highest BCUT2D eigenvalue weighted by Crippen LogP contribution is 2.27. The van der Waals surface area contributed by atoms with Crippen LogP contribution in [0.3, 0.4) is 0 Å². The highest BCUT2D eigenvalue weighted by Gasteiger charge is 2.35. The molecule has 0 aromatic heterocycles. The van der Waals surface area contributed by atoms with E-state index in [1.807, 2.05) is 42.2 Å². The zero-order valence-electron chi connectivity index (χ0n) is 8.84. The van der Waals surface area contributed by atoms with Gasteiger partial charge < -0.3 is 4.90 Å². The summed E-state index contributed by atoms with van der Waals surface area (Å²) in [5.74, 6) is -0.235. The highest BCUT2D eigenvalue weighted by atomic mass is 32.2. The summed E-state index contributed by atoms with van der Waals surface area (Å²) < 4.78 is 0. The predicted octanol–water partition coefficient (Wildman–Crippen LogP) is 1.82. The first kappa shape index (κ1) is 11.0. The summed E-state index contributed by atoms with van der Waals surface area (Å²) >= 11 is 1.03. The molecule has 0 aliphatic carbocycles. The van der Waals surface area contributed by atoms with E-state index in [1.165, 1.54) is 0 Å². The monoisotopic (exact) mass is 236 g/mol. The quantitative estimate of drug-likeness (QED) is 0.869. The molecule has 84 valence electrons. The fraction of sp³-hybridized carbons (Fsp3) is 0.273. The number of carbonyl (C=O) groups excluding carboxylic acids is 2. The number of imide groups is 1. The van der Waals surface area contributed by atoms with E-state index in [0.29, 0.717) is 6.54 Å². The van der Waals surface area contributed by atoms with E-state index in [4.69, 9.17) is 0 Å². The molecule has 1 aromatic rings. The summed E-state index contributed by atoms with van der Waals surface area (Å²) in [6.07, 6.45) is 0. The second-order valence-corrected chi connectivity index (χ2v) is 4.42. The minimum absolute atomic E-state index is 0.235. The minimum Gasteiger partial charge on any atom is -0.351 e. The molecule has 2 amide bonds. The standard InChI is InChI=1S/C11H12N2O2S/c1-2-13(8-6-4-3-5-7-8)10-9(14)12-11(15)16-10/h3-7,10H,2H2,1H3,(H,12,14,15). The lowest BCUT2D eigenvalue weighted by Gasteiger charge is -2.26. The number of rotatable bonds is 3. The number of nitrogens with zero attached hydrogens (tertiary/aromatic N) is 1. The van der Waals surface area contributed by atoms with E-state index in [2.05, 4.69) is 5.32 Å². The summed E-state index contributed by atoms with van der Waals surface area (Å²) in [7, 11) is 0. The molecule has 1 atom stereocenters. The molecular weight excluding hydrogens is 224 g/mol. The first-order valence-corrected chi connectivity index (χ1v) is 5.93. The van der Waals surface area contributed by atoms with Crippen molar-refractivity contribution < 1.29 is 9.59 Å². The van der Waals surface area contributed by atoms with Gasteiger partial charge in [0, 0.05) is 12.2 Å². The van der Waals surface area contributed by atoms with E-state index >= 15 is 0 Å². The topological polar surface area (TPSA) is 49.4 Å². The third kappa shape index (κ3) is 2.04. The molecule has 1 saturated heterocycles. The average Bonchev–Trinajstić information content (AvgIpc) is 2.61. The zero-order valence-corrected chi connectivity index (χ0v) is 9.66. The van der Waals surface area contributed by atoms with Crippen molar-refractivity contribution in [3.05, 3.63) is 30.3 Å². The molecule has 1 aliphatic rings. The maximum Gasteiger partial charge on any atom is 0.288 e. The van der Waals surface area contributed by atoms with Gasteiger partial charge in [0.25, 0.3) is 11.1 Å². The van der Waals surface area contributed by atoms with Crippen LogP contribution in [0, 0.1) is 0 Å². The molecule has 2 rings (SSSR count). The van der Waals surface area contributed by atoms with Crippen molar-refractivity contribution >= 4 is 28.6 Å². The molecule has 0 saturated carbocycles. The van der Waals surface area contributed by atoms with Crippen LogP contribution in [0.1, 0.15) is 6.92 Å². The van der Waals surface area contributed by atoms with Crippen molar-refractivity contribution in [2.45, 2.75) is 12.3 Å². The van der Waals surface area contributed by atoms with Crippen molar-refractivity contribution in [2.75, 3.05) is 11.4 Å². The fourth-order valence-corrected chi connectivity index (χ4v) is 2.58. The third-order valence-electron chi connectivity index (χ3n) is 2.38. The Labute approximate surface area is 98.0 Å². The molecule has 5 heteroatoms. The van der Waals surface area contributed by atoms with Crippen molar-refractivity contribution in [1.82, 2.24) is 5.32 Å². The Bertz CT molecular complexity index is 408. The second-order valence-electron chi connectivity index (χ2n) is 3.37. The molecule has 0 bridgehead atoms. The largest absolute Gasteiger partial charge is 0.351 e. The van der Waals surface area contributed by atoms with Gasteiger partial charge in [0.1, 0.15) is 0 Å². The van der Waals surface area contributed by atoms with Crippen LogP contribution in [0.4, 0.5) is 10.5 Å². The molecule has 1 fully saturated rings. The van der Waals surface area contributed by atoms with Gasteiger partial charge in [0.05, 0.1) is 0 Å². The Morgan fingerprint density at radius 1 is 1.31 bits per heavy atom. The van der Waals surface area contributed by atoms with Crippen molar-refractivity contribution in [2.24, 2.45) is 0 Å². The summed E-state index contributed by atoms with van der Waals surface area (Å²) in [5.41, 5.74) is 0.951. The molecule has 4 nitrogen and oxygen atoms in total. The molecule has 0 spiro atoms. The van der Waals surface area contributed by atoms with Gasteiger partial charge in [-0.25, -0.2) is 0 Å². The summed E-state index contributed by atoms with van der Waals surface area (Å²) in [5, 5.41) is 1.58.